The summed E-state index contributed by atoms with van der Waals surface area (Å²) in [6, 6.07) is 6.61. The number of nitrogens with one attached hydrogen (secondary N) is 2. The van der Waals surface area contributed by atoms with Crippen molar-refractivity contribution in [2.45, 2.75) is 51.6 Å². The van der Waals surface area contributed by atoms with Gasteiger partial charge in [0.15, 0.2) is 5.96 Å². The van der Waals surface area contributed by atoms with Crippen LogP contribution >= 0.6 is 0 Å². The summed E-state index contributed by atoms with van der Waals surface area (Å²) in [6.07, 6.45) is 4.85. The van der Waals surface area contributed by atoms with Crippen LogP contribution in [0.4, 0.5) is 0 Å². The maximum absolute atomic E-state index is 5.65. The van der Waals surface area contributed by atoms with E-state index in [2.05, 4.69) is 52.6 Å². The molecule has 0 spiro atoms. The number of nitrogens with zero attached hydrogens (tertiary/aromatic N) is 2. The number of benzene rings is 1. The maximum Gasteiger partial charge on any atom is 0.191 e. The van der Waals surface area contributed by atoms with Crippen molar-refractivity contribution in [3.63, 3.8) is 0 Å². The first kappa shape index (κ1) is 19.2. The summed E-state index contributed by atoms with van der Waals surface area (Å²) in [5, 5.41) is 7.08. The highest BCUT2D eigenvalue weighted by Gasteiger charge is 2.39. The molecular weight excluding hydrogens is 324 g/mol. The fraction of sp³-hybridized carbons (Fsp3) is 0.667. The minimum absolute atomic E-state index is 0.214. The Balaban J connectivity index is 1.58. The summed E-state index contributed by atoms with van der Waals surface area (Å²) in [6.45, 7) is 10.2. The Morgan fingerprint density at radius 2 is 1.88 bits per heavy atom. The van der Waals surface area contributed by atoms with Gasteiger partial charge in [-0.2, -0.15) is 0 Å². The van der Waals surface area contributed by atoms with E-state index in [4.69, 9.17) is 4.74 Å². The van der Waals surface area contributed by atoms with Crippen molar-refractivity contribution in [2.24, 2.45) is 4.99 Å². The molecule has 144 valence electrons. The van der Waals surface area contributed by atoms with Crippen LogP contribution in [0.2, 0.25) is 0 Å². The van der Waals surface area contributed by atoms with Crippen molar-refractivity contribution in [1.29, 1.82) is 0 Å². The lowest BCUT2D eigenvalue weighted by molar-refractivity contribution is -0.0164. The van der Waals surface area contributed by atoms with Crippen LogP contribution in [-0.4, -0.2) is 56.3 Å². The first-order valence-electron chi connectivity index (χ1n) is 9.96. The third-order valence-electron chi connectivity index (χ3n) is 5.95. The number of ether oxygens (including phenoxy) is 1. The molecule has 1 aromatic rings. The molecule has 0 saturated carbocycles. The monoisotopic (exact) mass is 358 g/mol. The van der Waals surface area contributed by atoms with Gasteiger partial charge in [-0.15, -0.1) is 0 Å². The highest BCUT2D eigenvalue weighted by atomic mass is 16.5. The normalized spacial score (nSPS) is 21.0. The predicted molar refractivity (Wildman–Crippen MR) is 108 cm³/mol. The Kier molecular flexibility index (Phi) is 6.54. The smallest absolute Gasteiger partial charge is 0.191 e. The molecule has 5 nitrogen and oxygen atoms in total. The highest BCUT2D eigenvalue weighted by Crippen LogP contribution is 2.30. The van der Waals surface area contributed by atoms with Gasteiger partial charge in [-0.05, 0) is 63.7 Å². The zero-order chi connectivity index (χ0) is 18.4. The van der Waals surface area contributed by atoms with Gasteiger partial charge in [0.25, 0.3) is 0 Å². The summed E-state index contributed by atoms with van der Waals surface area (Å²) in [7, 11) is 1.85. The molecular formula is C21H34N4O. The van der Waals surface area contributed by atoms with Gasteiger partial charge in [-0.1, -0.05) is 23.8 Å². The van der Waals surface area contributed by atoms with Crippen molar-refractivity contribution in [3.8, 4) is 0 Å². The second kappa shape index (κ2) is 8.87. The molecule has 0 bridgehead atoms. The lowest BCUT2D eigenvalue weighted by atomic mass is 9.88. The SMILES string of the molecule is CN=C(NCc1ccc(C)cc1C)NCC1(N2CCCC2)CCOCC1. The molecule has 2 saturated heterocycles. The quantitative estimate of drug-likeness (QED) is 0.627. The molecule has 2 aliphatic heterocycles. The molecule has 2 fully saturated rings. The lowest BCUT2D eigenvalue weighted by Crippen LogP contribution is -2.58. The predicted octanol–water partition coefficient (Wildman–Crippen LogP) is 2.61. The van der Waals surface area contributed by atoms with Gasteiger partial charge < -0.3 is 15.4 Å². The van der Waals surface area contributed by atoms with Gasteiger partial charge in [0.1, 0.15) is 0 Å². The van der Waals surface area contributed by atoms with E-state index in [1.807, 2.05) is 7.05 Å². The van der Waals surface area contributed by atoms with Crippen LogP contribution in [0.25, 0.3) is 0 Å². The number of guanidine groups is 1. The third kappa shape index (κ3) is 4.57. The first-order chi connectivity index (χ1) is 12.6. The topological polar surface area (TPSA) is 48.9 Å². The molecule has 0 unspecified atom stereocenters. The van der Waals surface area contributed by atoms with Gasteiger partial charge in [0.2, 0.25) is 0 Å². The second-order valence-corrected chi connectivity index (χ2v) is 7.74. The molecule has 0 amide bonds. The summed E-state index contributed by atoms with van der Waals surface area (Å²) < 4.78 is 5.65. The van der Waals surface area contributed by atoms with Crippen LogP contribution < -0.4 is 10.6 Å². The summed E-state index contributed by atoms with van der Waals surface area (Å²) >= 11 is 0. The van der Waals surface area contributed by atoms with Gasteiger partial charge in [-0.25, -0.2) is 0 Å². The van der Waals surface area contributed by atoms with Crippen LogP contribution in [0, 0.1) is 13.8 Å². The molecule has 3 rings (SSSR count). The van der Waals surface area contributed by atoms with Crippen molar-refractivity contribution in [3.05, 3.63) is 34.9 Å². The van der Waals surface area contributed by atoms with E-state index >= 15 is 0 Å². The lowest BCUT2D eigenvalue weighted by Gasteiger charge is -2.45. The number of aliphatic imine (C=N–C) groups is 1. The van der Waals surface area contributed by atoms with Crippen molar-refractivity contribution < 1.29 is 4.74 Å². The Bertz CT molecular complexity index is 616. The van der Waals surface area contributed by atoms with E-state index in [1.165, 1.54) is 42.6 Å². The average Bonchev–Trinajstić information content (AvgIpc) is 3.19. The third-order valence-corrected chi connectivity index (χ3v) is 5.95. The Hall–Kier alpha value is -1.59. The Morgan fingerprint density at radius 1 is 1.15 bits per heavy atom. The summed E-state index contributed by atoms with van der Waals surface area (Å²) in [5.74, 6) is 0.884. The van der Waals surface area contributed by atoms with E-state index < -0.39 is 0 Å². The largest absolute Gasteiger partial charge is 0.381 e. The molecule has 1 aromatic carbocycles. The van der Waals surface area contributed by atoms with Gasteiger partial charge in [0, 0.05) is 38.9 Å². The van der Waals surface area contributed by atoms with Crippen molar-refractivity contribution in [1.82, 2.24) is 15.5 Å². The van der Waals surface area contributed by atoms with Crippen molar-refractivity contribution >= 4 is 5.96 Å². The number of likely N-dealkylation sites (tertiary alicyclic amines) is 1. The van der Waals surface area contributed by atoms with Crippen LogP contribution in [0.3, 0.4) is 0 Å². The molecule has 0 aromatic heterocycles. The second-order valence-electron chi connectivity index (χ2n) is 7.74. The maximum atomic E-state index is 5.65. The molecule has 26 heavy (non-hydrogen) atoms. The van der Waals surface area contributed by atoms with E-state index in [0.717, 1.165) is 45.1 Å². The molecule has 2 heterocycles. The number of aryl methyl sites for hydroxylation is 2. The van der Waals surface area contributed by atoms with Crippen LogP contribution in [0.5, 0.6) is 0 Å². The zero-order valence-corrected chi connectivity index (χ0v) is 16.6. The minimum atomic E-state index is 0.214. The van der Waals surface area contributed by atoms with Gasteiger partial charge in [-0.3, -0.25) is 9.89 Å². The van der Waals surface area contributed by atoms with E-state index in [0.29, 0.717) is 0 Å². The van der Waals surface area contributed by atoms with Crippen LogP contribution in [0.1, 0.15) is 42.4 Å². The highest BCUT2D eigenvalue weighted by molar-refractivity contribution is 5.79. The standard InChI is InChI=1S/C21H34N4O/c1-17-6-7-19(18(2)14-17)15-23-20(22-3)24-16-21(8-12-26-13-9-21)25-10-4-5-11-25/h6-7,14H,4-5,8-13,15-16H2,1-3H3,(H2,22,23,24). The number of hydrogen-bond donors (Lipinski definition) is 2. The summed E-state index contributed by atoms with van der Waals surface area (Å²) in [4.78, 5) is 7.12. The molecule has 0 radical (unpaired) electrons. The van der Waals surface area contributed by atoms with Crippen LogP contribution in [-0.2, 0) is 11.3 Å². The fourth-order valence-electron chi connectivity index (χ4n) is 4.24. The fourth-order valence-corrected chi connectivity index (χ4v) is 4.24. The Labute approximate surface area is 158 Å². The molecule has 0 atom stereocenters. The van der Waals surface area contributed by atoms with E-state index in [-0.39, 0.29) is 5.54 Å². The average molecular weight is 359 g/mol. The first-order valence-corrected chi connectivity index (χ1v) is 9.96. The molecule has 2 aliphatic rings. The number of rotatable bonds is 5. The molecule has 5 heteroatoms. The molecule has 0 aliphatic carbocycles. The van der Waals surface area contributed by atoms with Gasteiger partial charge in [0.05, 0.1) is 0 Å². The van der Waals surface area contributed by atoms with Gasteiger partial charge >= 0.3 is 0 Å². The summed E-state index contributed by atoms with van der Waals surface area (Å²) in [5.41, 5.74) is 4.16. The Morgan fingerprint density at radius 3 is 2.54 bits per heavy atom. The molecule has 2 N–H and O–H groups in total. The van der Waals surface area contributed by atoms with E-state index in [9.17, 15) is 0 Å². The van der Waals surface area contributed by atoms with Crippen LogP contribution in [0.15, 0.2) is 23.2 Å². The van der Waals surface area contributed by atoms with Crippen molar-refractivity contribution in [2.75, 3.05) is 39.9 Å². The number of hydrogen-bond acceptors (Lipinski definition) is 3. The zero-order valence-electron chi connectivity index (χ0n) is 16.6. The minimum Gasteiger partial charge on any atom is -0.381 e. The van der Waals surface area contributed by atoms with E-state index in [1.54, 1.807) is 0 Å².